The molecule has 3 aromatic heterocycles. The maximum Gasteiger partial charge on any atom is 0.229 e. The molecule has 0 radical (unpaired) electrons. The second-order valence-electron chi connectivity index (χ2n) is 6.84. The Labute approximate surface area is 183 Å². The molecule has 5 rings (SSSR count). The normalized spacial score (nSPS) is 11.6. The van der Waals surface area contributed by atoms with Crippen molar-refractivity contribution in [2.45, 2.75) is 13.2 Å². The summed E-state index contributed by atoms with van der Waals surface area (Å²) in [7, 11) is 3.20. The van der Waals surface area contributed by atoms with Crippen molar-refractivity contribution in [1.82, 2.24) is 29.3 Å². The fraction of sp³-hybridized carbons (Fsp3) is 0.182. The lowest BCUT2D eigenvalue weighted by atomic mass is 10.1. The zero-order chi connectivity index (χ0) is 21.4. The Kier molecular flexibility index (Phi) is 4.90. The van der Waals surface area contributed by atoms with Crippen molar-refractivity contribution < 1.29 is 9.47 Å². The third-order valence-electron chi connectivity index (χ3n) is 5.01. The molecule has 0 saturated carbocycles. The van der Waals surface area contributed by atoms with Crippen LogP contribution in [0.25, 0.3) is 17.1 Å². The molecule has 31 heavy (non-hydrogen) atoms. The van der Waals surface area contributed by atoms with Gasteiger partial charge in [-0.2, -0.15) is 0 Å². The monoisotopic (exact) mass is 432 g/mol. The molecule has 8 nitrogen and oxygen atoms in total. The zero-order valence-corrected chi connectivity index (χ0v) is 17.6. The van der Waals surface area contributed by atoms with Crippen molar-refractivity contribution in [3.63, 3.8) is 0 Å². The lowest BCUT2D eigenvalue weighted by Crippen LogP contribution is -2.09. The van der Waals surface area contributed by atoms with Gasteiger partial charge in [-0.3, -0.25) is 4.57 Å². The average molecular weight is 433 g/mol. The summed E-state index contributed by atoms with van der Waals surface area (Å²) in [4.78, 5) is 8.77. The van der Waals surface area contributed by atoms with Crippen molar-refractivity contribution in [3.05, 3.63) is 70.7 Å². The van der Waals surface area contributed by atoms with Crippen LogP contribution in [-0.4, -0.2) is 43.5 Å². The fourth-order valence-corrected chi connectivity index (χ4v) is 3.77. The zero-order valence-electron chi connectivity index (χ0n) is 16.8. The molecule has 4 aromatic rings. The van der Waals surface area contributed by atoms with Crippen LogP contribution >= 0.6 is 11.6 Å². The summed E-state index contributed by atoms with van der Waals surface area (Å²) in [5, 5.41) is 9.34. The Bertz CT molecular complexity index is 1350. The number of halogens is 1. The Hall–Kier alpha value is -3.67. The van der Waals surface area contributed by atoms with Gasteiger partial charge < -0.3 is 14.0 Å². The minimum absolute atomic E-state index is 0.338. The van der Waals surface area contributed by atoms with Gasteiger partial charge in [0.2, 0.25) is 5.88 Å². The number of fused-ring (bicyclic) bond motifs is 5. The van der Waals surface area contributed by atoms with E-state index in [2.05, 4.69) is 32.0 Å². The van der Waals surface area contributed by atoms with Gasteiger partial charge in [0, 0.05) is 23.9 Å². The Morgan fingerprint density at radius 3 is 2.87 bits per heavy atom. The quantitative estimate of drug-likeness (QED) is 0.407. The molecule has 0 atom stereocenters. The molecule has 0 saturated heterocycles. The van der Waals surface area contributed by atoms with E-state index in [0.29, 0.717) is 41.1 Å². The van der Waals surface area contributed by atoms with E-state index in [-0.39, 0.29) is 0 Å². The number of nitrogens with zero attached hydrogens (tertiary/aromatic N) is 6. The number of methoxy groups -OCH3 is 2. The highest BCUT2D eigenvalue weighted by Gasteiger charge is 2.25. The largest absolute Gasteiger partial charge is 0.480 e. The Morgan fingerprint density at radius 2 is 2.03 bits per heavy atom. The molecule has 9 heteroatoms. The summed E-state index contributed by atoms with van der Waals surface area (Å²) in [6, 6.07) is 9.36. The molecule has 0 fully saturated rings. The number of pyridine rings is 1. The average Bonchev–Trinajstić information content (AvgIpc) is 3.34. The maximum atomic E-state index is 6.30. The number of rotatable bonds is 3. The smallest absolute Gasteiger partial charge is 0.229 e. The van der Waals surface area contributed by atoms with E-state index in [9.17, 15) is 0 Å². The molecule has 1 aliphatic rings. The molecular weight excluding hydrogens is 416 g/mol. The molecule has 0 aliphatic carbocycles. The first-order chi connectivity index (χ1) is 15.2. The highest BCUT2D eigenvalue weighted by atomic mass is 35.5. The van der Waals surface area contributed by atoms with E-state index in [4.69, 9.17) is 21.1 Å². The van der Waals surface area contributed by atoms with Crippen LogP contribution in [0.4, 0.5) is 0 Å². The first kappa shape index (κ1) is 19.3. The predicted molar refractivity (Wildman–Crippen MR) is 114 cm³/mol. The van der Waals surface area contributed by atoms with Crippen LogP contribution in [0.3, 0.4) is 0 Å². The van der Waals surface area contributed by atoms with Gasteiger partial charge in [-0.1, -0.05) is 17.5 Å². The third kappa shape index (κ3) is 3.34. The van der Waals surface area contributed by atoms with Crippen LogP contribution in [0.5, 0.6) is 5.88 Å². The second-order valence-corrected chi connectivity index (χ2v) is 7.28. The number of imidazole rings is 1. The molecule has 0 bridgehead atoms. The van der Waals surface area contributed by atoms with Crippen molar-refractivity contribution in [1.29, 1.82) is 0 Å². The minimum atomic E-state index is 0.338. The van der Waals surface area contributed by atoms with E-state index >= 15 is 0 Å². The Balaban J connectivity index is 1.68. The van der Waals surface area contributed by atoms with Crippen molar-refractivity contribution in [3.8, 4) is 34.8 Å². The van der Waals surface area contributed by atoms with Gasteiger partial charge in [-0.25, -0.2) is 9.97 Å². The van der Waals surface area contributed by atoms with Gasteiger partial charge in [-0.05, 0) is 36.3 Å². The summed E-state index contributed by atoms with van der Waals surface area (Å²) < 4.78 is 14.6. The van der Waals surface area contributed by atoms with Gasteiger partial charge in [-0.15, -0.1) is 10.2 Å². The third-order valence-corrected chi connectivity index (χ3v) is 5.25. The lowest BCUT2D eigenvalue weighted by molar-refractivity contribution is 0.174. The molecule has 0 amide bonds. The minimum Gasteiger partial charge on any atom is -0.480 e. The van der Waals surface area contributed by atoms with Crippen molar-refractivity contribution in [2.24, 2.45) is 0 Å². The summed E-state index contributed by atoms with van der Waals surface area (Å²) >= 11 is 6.30. The molecular formula is C22H17ClN6O2. The molecule has 154 valence electrons. The molecule has 0 spiro atoms. The number of hydrogen-bond donors (Lipinski definition) is 0. The molecule has 1 aromatic carbocycles. The highest BCUT2D eigenvalue weighted by molar-refractivity contribution is 6.31. The van der Waals surface area contributed by atoms with Crippen LogP contribution in [0, 0.1) is 11.8 Å². The van der Waals surface area contributed by atoms with Crippen LogP contribution in [0.1, 0.15) is 22.8 Å². The van der Waals surface area contributed by atoms with Gasteiger partial charge in [0.1, 0.15) is 18.6 Å². The molecule has 1 aliphatic heterocycles. The second kappa shape index (κ2) is 7.87. The number of hydrogen-bond acceptors (Lipinski definition) is 6. The highest BCUT2D eigenvalue weighted by Crippen LogP contribution is 2.34. The van der Waals surface area contributed by atoms with Crippen LogP contribution in [0.2, 0.25) is 5.02 Å². The molecule has 0 N–H and O–H groups in total. The van der Waals surface area contributed by atoms with E-state index in [0.717, 1.165) is 22.8 Å². The first-order valence-electron chi connectivity index (χ1n) is 9.48. The Morgan fingerprint density at radius 1 is 1.13 bits per heavy atom. The lowest BCUT2D eigenvalue weighted by Gasteiger charge is -2.08. The van der Waals surface area contributed by atoms with Crippen molar-refractivity contribution in [2.75, 3.05) is 14.2 Å². The van der Waals surface area contributed by atoms with Crippen LogP contribution in [-0.2, 0) is 17.9 Å². The standard InChI is InChI=1S/C22H17ClN6O2/c1-30-12-20-26-27-21-16-10-15(23)6-8-18(16)29-13-25-17(19(29)11-28(20)21)7-5-14-4-3-9-24-22(14)31-2/h3-4,6,8-10,13H,11-12H2,1-2H3. The fourth-order valence-electron chi connectivity index (χ4n) is 3.60. The van der Waals surface area contributed by atoms with Crippen LogP contribution in [0.15, 0.2) is 42.9 Å². The number of ether oxygens (including phenoxy) is 2. The van der Waals surface area contributed by atoms with Gasteiger partial charge in [0.05, 0.1) is 30.6 Å². The van der Waals surface area contributed by atoms with Crippen LogP contribution < -0.4 is 4.74 Å². The summed E-state index contributed by atoms with van der Waals surface area (Å²) in [5.74, 6) is 8.22. The van der Waals surface area contributed by atoms with Gasteiger partial charge in [0.25, 0.3) is 0 Å². The first-order valence-corrected chi connectivity index (χ1v) is 9.86. The molecule has 4 heterocycles. The molecule has 0 unspecified atom stereocenters. The van der Waals surface area contributed by atoms with E-state index in [1.807, 2.05) is 39.5 Å². The van der Waals surface area contributed by atoms with Gasteiger partial charge in [0.15, 0.2) is 11.6 Å². The predicted octanol–water partition coefficient (Wildman–Crippen LogP) is 3.10. The van der Waals surface area contributed by atoms with Gasteiger partial charge >= 0.3 is 0 Å². The topological polar surface area (TPSA) is 79.9 Å². The number of benzene rings is 1. The SMILES string of the molecule is COCc1nnc2n1Cc1c(C#Cc3cccnc3OC)ncn1-c1ccc(Cl)cc1-2. The van der Waals surface area contributed by atoms with E-state index in [1.54, 1.807) is 26.7 Å². The van der Waals surface area contributed by atoms with E-state index < -0.39 is 0 Å². The summed E-state index contributed by atoms with van der Waals surface area (Å²) in [5.41, 5.74) is 4.03. The van der Waals surface area contributed by atoms with Crippen molar-refractivity contribution >= 4 is 11.6 Å². The van der Waals surface area contributed by atoms with E-state index in [1.165, 1.54) is 0 Å². The number of aromatic nitrogens is 6. The summed E-state index contributed by atoms with van der Waals surface area (Å²) in [6.45, 7) is 0.826. The summed E-state index contributed by atoms with van der Waals surface area (Å²) in [6.07, 6.45) is 3.43. The maximum absolute atomic E-state index is 6.30.